The maximum Gasteiger partial charge on any atom is 0.257 e. The van der Waals surface area contributed by atoms with Gasteiger partial charge in [-0.05, 0) is 71.5 Å². The lowest BCUT2D eigenvalue weighted by Crippen LogP contribution is -2.44. The number of hydrogen-bond acceptors (Lipinski definition) is 12. The van der Waals surface area contributed by atoms with Crippen LogP contribution in [0.4, 0.5) is 17.1 Å². The number of pyridine rings is 1. The maximum absolute atomic E-state index is 14.1. The molecule has 0 radical (unpaired) electrons. The summed E-state index contributed by atoms with van der Waals surface area (Å²) in [6.45, 7) is 2.18. The molecule has 0 unspecified atom stereocenters. The average Bonchev–Trinajstić information content (AvgIpc) is 3.52. The van der Waals surface area contributed by atoms with Crippen LogP contribution in [-0.4, -0.2) is 91.0 Å². The molecule has 2 atom stereocenters. The molecule has 63 heavy (non-hydrogen) atoms. The van der Waals surface area contributed by atoms with E-state index in [2.05, 4.69) is 17.4 Å². The maximum atomic E-state index is 14.1. The van der Waals surface area contributed by atoms with Gasteiger partial charge in [-0.15, -0.1) is 0 Å². The zero-order valence-corrected chi connectivity index (χ0v) is 35.0. The molecule has 0 saturated heterocycles. The number of ether oxygens (including phenoxy) is 5. The molecule has 0 fully saturated rings. The second-order valence-corrected chi connectivity index (χ2v) is 15.7. The minimum absolute atomic E-state index is 0.102. The molecular formula is C48H47N7O8. The number of benzene rings is 4. The molecule has 1 aromatic heterocycles. The third kappa shape index (κ3) is 8.70. The molecule has 4 aromatic carbocycles. The van der Waals surface area contributed by atoms with Crippen LogP contribution in [0.3, 0.4) is 0 Å². The third-order valence-corrected chi connectivity index (χ3v) is 11.6. The smallest absolute Gasteiger partial charge is 0.257 e. The Morgan fingerprint density at radius 3 is 1.84 bits per heavy atom. The topological polar surface area (TPSA) is 180 Å². The van der Waals surface area contributed by atoms with E-state index < -0.39 is 0 Å². The highest BCUT2D eigenvalue weighted by Crippen LogP contribution is 2.41. The summed E-state index contributed by atoms with van der Waals surface area (Å²) in [5, 5.41) is 2.93. The number of rotatable bonds is 14. The van der Waals surface area contributed by atoms with Crippen LogP contribution < -0.4 is 30.0 Å². The first-order chi connectivity index (χ1) is 30.8. The van der Waals surface area contributed by atoms with E-state index in [1.165, 1.54) is 12.7 Å². The summed E-state index contributed by atoms with van der Waals surface area (Å²) in [6.07, 6.45) is 5.14. The van der Waals surface area contributed by atoms with Gasteiger partial charge in [-0.25, -0.2) is 0 Å². The van der Waals surface area contributed by atoms with Crippen LogP contribution >= 0.6 is 0 Å². The largest absolute Gasteiger partial charge is 0.493 e. The van der Waals surface area contributed by atoms with Crippen molar-refractivity contribution in [2.24, 2.45) is 15.7 Å². The predicted molar refractivity (Wildman–Crippen MR) is 236 cm³/mol. The second kappa shape index (κ2) is 18.1. The number of carbonyl (C=O) groups excluding carboxylic acids is 3. The van der Waals surface area contributed by atoms with Gasteiger partial charge in [0.25, 0.3) is 11.8 Å². The number of anilines is 1. The molecule has 0 spiro atoms. The van der Waals surface area contributed by atoms with Crippen LogP contribution in [0.1, 0.15) is 60.8 Å². The number of methoxy groups -OCH3 is 2. The molecule has 0 aliphatic carbocycles. The van der Waals surface area contributed by atoms with Crippen molar-refractivity contribution in [3.8, 4) is 23.0 Å². The van der Waals surface area contributed by atoms with Gasteiger partial charge in [0.1, 0.15) is 13.2 Å². The highest BCUT2D eigenvalue weighted by Gasteiger charge is 2.35. The molecular weight excluding hydrogens is 803 g/mol. The quantitative estimate of drug-likeness (QED) is 0.124. The van der Waals surface area contributed by atoms with Crippen molar-refractivity contribution in [3.63, 3.8) is 0 Å². The van der Waals surface area contributed by atoms with E-state index in [4.69, 9.17) is 44.4 Å². The molecule has 3 amide bonds. The van der Waals surface area contributed by atoms with Crippen LogP contribution in [0.2, 0.25) is 0 Å². The molecule has 15 heteroatoms. The lowest BCUT2D eigenvalue weighted by molar-refractivity contribution is -0.117. The lowest BCUT2D eigenvalue weighted by atomic mass is 9.93. The first-order valence-corrected chi connectivity index (χ1v) is 20.9. The van der Waals surface area contributed by atoms with Crippen molar-refractivity contribution in [1.82, 2.24) is 14.8 Å². The fraction of sp³-hybridized carbons (Fsp3) is 0.292. The normalized spacial score (nSPS) is 16.9. The van der Waals surface area contributed by atoms with Crippen molar-refractivity contribution in [2.45, 2.75) is 57.6 Å². The Labute approximate surface area is 364 Å². The zero-order chi connectivity index (χ0) is 43.5. The van der Waals surface area contributed by atoms with E-state index >= 15 is 0 Å². The van der Waals surface area contributed by atoms with Crippen LogP contribution in [0.5, 0.6) is 23.0 Å². The molecule has 3 N–H and O–H groups in total. The summed E-state index contributed by atoms with van der Waals surface area (Å²) in [5.74, 6) is 1.19. The highest BCUT2D eigenvalue weighted by molar-refractivity contribution is 6.04. The number of nitrogens with one attached hydrogen (secondary N) is 1. The minimum atomic E-state index is -0.260. The van der Waals surface area contributed by atoms with Crippen molar-refractivity contribution in [3.05, 3.63) is 130 Å². The molecule has 4 aliphatic rings. The zero-order valence-electron chi connectivity index (χ0n) is 35.0. The number of aliphatic imine (C=N–C) groups is 2. The molecule has 5 heterocycles. The van der Waals surface area contributed by atoms with Gasteiger partial charge in [0.15, 0.2) is 23.0 Å². The Morgan fingerprint density at radius 1 is 0.683 bits per heavy atom. The van der Waals surface area contributed by atoms with Gasteiger partial charge in [0.05, 0.1) is 79.8 Å². The van der Waals surface area contributed by atoms with Crippen LogP contribution in [0.15, 0.2) is 94.9 Å². The Balaban J connectivity index is 0.856. The lowest BCUT2D eigenvalue weighted by Gasteiger charge is -2.34. The summed E-state index contributed by atoms with van der Waals surface area (Å²) >= 11 is 0. The van der Waals surface area contributed by atoms with E-state index in [0.29, 0.717) is 108 Å². The number of fused-ring (bicyclic) bond motifs is 6. The highest BCUT2D eigenvalue weighted by atomic mass is 16.5. The number of amides is 3. The van der Waals surface area contributed by atoms with Crippen molar-refractivity contribution in [2.75, 3.05) is 39.3 Å². The standard InChI is InChI=1S/C48H47N7O8/c1-59-42-19-38-40(50-23-36-17-29-6-3-4-7-31(29)25-54(36)47(38)57)21-44(42)62-27-34-8-5-9-35(52-34)28-63-45-22-41-39(20-43(45)60-2)48(58)55-26-32-16-33(53-46(56)12-14-61-15-13-49)11-10-30(32)18-37(55)24-51-41/h3-11,16,19-24,36-37H,12-15,17-18,25-28,49H2,1-2H3,(H,53,56)/t36-,37-/m0/s1. The van der Waals surface area contributed by atoms with Crippen LogP contribution in [-0.2, 0) is 48.7 Å². The average molecular weight is 850 g/mol. The van der Waals surface area contributed by atoms with Gasteiger partial charge in [0.2, 0.25) is 5.91 Å². The fourth-order valence-electron chi connectivity index (χ4n) is 8.35. The minimum Gasteiger partial charge on any atom is -0.493 e. The molecule has 322 valence electrons. The fourth-order valence-corrected chi connectivity index (χ4v) is 8.35. The second-order valence-electron chi connectivity index (χ2n) is 15.7. The summed E-state index contributed by atoms with van der Waals surface area (Å²) < 4.78 is 29.2. The van der Waals surface area contributed by atoms with E-state index in [-0.39, 0.29) is 49.4 Å². The number of nitrogens with zero attached hydrogens (tertiary/aromatic N) is 5. The van der Waals surface area contributed by atoms with E-state index in [9.17, 15) is 14.4 Å². The molecule has 9 rings (SSSR count). The molecule has 4 aliphatic heterocycles. The first kappa shape index (κ1) is 41.3. The summed E-state index contributed by atoms with van der Waals surface area (Å²) in [6, 6.07) is 25.9. The van der Waals surface area contributed by atoms with Gasteiger partial charge in [0, 0.05) is 49.9 Å². The summed E-state index contributed by atoms with van der Waals surface area (Å²) in [4.78, 5) is 58.3. The van der Waals surface area contributed by atoms with Crippen molar-refractivity contribution >= 4 is 47.2 Å². The number of carbonyl (C=O) groups is 3. The van der Waals surface area contributed by atoms with Gasteiger partial charge < -0.3 is 44.5 Å². The van der Waals surface area contributed by atoms with Crippen LogP contribution in [0.25, 0.3) is 0 Å². The van der Waals surface area contributed by atoms with E-state index in [1.807, 2.05) is 59.6 Å². The first-order valence-electron chi connectivity index (χ1n) is 20.9. The summed E-state index contributed by atoms with van der Waals surface area (Å²) in [7, 11) is 3.07. The van der Waals surface area contributed by atoms with E-state index in [0.717, 1.165) is 16.7 Å². The summed E-state index contributed by atoms with van der Waals surface area (Å²) in [5.41, 5.74) is 13.6. The van der Waals surface area contributed by atoms with Gasteiger partial charge in [-0.1, -0.05) is 36.4 Å². The van der Waals surface area contributed by atoms with E-state index in [1.54, 1.807) is 42.5 Å². The van der Waals surface area contributed by atoms with Gasteiger partial charge in [-0.3, -0.25) is 29.4 Å². The Hall–Kier alpha value is -7.10. The molecule has 0 saturated carbocycles. The molecule has 15 nitrogen and oxygen atoms in total. The van der Waals surface area contributed by atoms with Crippen molar-refractivity contribution < 1.29 is 38.1 Å². The number of hydrogen-bond donors (Lipinski definition) is 2. The Bertz CT molecular complexity index is 2650. The predicted octanol–water partition coefficient (Wildman–Crippen LogP) is 6.13. The van der Waals surface area contributed by atoms with Crippen molar-refractivity contribution in [1.29, 1.82) is 0 Å². The van der Waals surface area contributed by atoms with Gasteiger partial charge >= 0.3 is 0 Å². The number of nitrogens with two attached hydrogens (primary N) is 1. The molecule has 5 aromatic rings. The Kier molecular flexibility index (Phi) is 11.8. The SMILES string of the molecule is COc1cc2c(cc1OCc1cccc(COc3cc4c(cc3OC)C(=O)N3Cc5cc(NC(=O)CCOCCN)ccc5C[C@H]3C=N4)n1)N=C[C@@H]1Cc3ccccc3CN1C2=O. The Morgan fingerprint density at radius 2 is 1.25 bits per heavy atom. The monoisotopic (exact) mass is 849 g/mol. The van der Waals surface area contributed by atoms with Crippen LogP contribution in [0, 0.1) is 0 Å². The van der Waals surface area contributed by atoms with Gasteiger partial charge in [-0.2, -0.15) is 0 Å². The molecule has 0 bridgehead atoms. The third-order valence-electron chi connectivity index (χ3n) is 11.6. The number of aromatic nitrogens is 1.